The lowest BCUT2D eigenvalue weighted by atomic mass is 9.94. The van der Waals surface area contributed by atoms with Crippen LogP contribution < -0.4 is 15.8 Å². The molecule has 0 bridgehead atoms. The third kappa shape index (κ3) is 4.96. The molecule has 1 atom stereocenters. The number of esters is 1. The highest BCUT2D eigenvalue weighted by molar-refractivity contribution is 5.94. The summed E-state index contributed by atoms with van der Waals surface area (Å²) in [6.45, 7) is 3.46. The lowest BCUT2D eigenvalue weighted by Crippen LogP contribution is -2.37. The molecule has 0 unspecified atom stereocenters. The molecule has 38 heavy (non-hydrogen) atoms. The third-order valence-corrected chi connectivity index (χ3v) is 6.79. The molecular formula is C29H30N4O5. The van der Waals surface area contributed by atoms with Gasteiger partial charge in [-0.2, -0.15) is 4.99 Å². The Morgan fingerprint density at radius 1 is 1.08 bits per heavy atom. The Morgan fingerprint density at radius 2 is 1.82 bits per heavy atom. The Bertz CT molecular complexity index is 1620. The van der Waals surface area contributed by atoms with Crippen LogP contribution in [0.15, 0.2) is 70.6 Å². The van der Waals surface area contributed by atoms with Gasteiger partial charge in [-0.05, 0) is 57.0 Å². The average Bonchev–Trinajstić information content (AvgIpc) is 2.94. The van der Waals surface area contributed by atoms with Crippen molar-refractivity contribution in [2.75, 3.05) is 6.61 Å². The van der Waals surface area contributed by atoms with E-state index >= 15 is 0 Å². The number of hydrogen-bond donors (Lipinski definition) is 0. The van der Waals surface area contributed by atoms with Crippen LogP contribution in [0.25, 0.3) is 16.7 Å². The van der Waals surface area contributed by atoms with Crippen LogP contribution >= 0.6 is 0 Å². The maximum Gasteiger partial charge on any atom is 0.341 e. The lowest BCUT2D eigenvalue weighted by molar-refractivity contribution is -0.124. The fourth-order valence-corrected chi connectivity index (χ4v) is 4.95. The zero-order chi connectivity index (χ0) is 26.6. The first-order valence-electron chi connectivity index (χ1n) is 13.0. The van der Waals surface area contributed by atoms with E-state index in [4.69, 9.17) is 14.5 Å². The molecular weight excluding hydrogens is 484 g/mol. The molecule has 0 aliphatic heterocycles. The van der Waals surface area contributed by atoms with Gasteiger partial charge < -0.3 is 14.0 Å². The van der Waals surface area contributed by atoms with Crippen molar-refractivity contribution in [2.24, 2.45) is 4.99 Å². The zero-order valence-electron chi connectivity index (χ0n) is 21.5. The molecule has 0 spiro atoms. The summed E-state index contributed by atoms with van der Waals surface area (Å²) in [6, 6.07) is 15.7. The first kappa shape index (κ1) is 25.4. The fraction of sp³-hybridized carbons (Fsp3) is 0.345. The van der Waals surface area contributed by atoms with E-state index in [0.717, 1.165) is 32.1 Å². The summed E-state index contributed by atoms with van der Waals surface area (Å²) in [7, 11) is 0. The number of rotatable bonds is 6. The number of carbonyl (C=O) groups is 2. The van der Waals surface area contributed by atoms with Gasteiger partial charge in [0.25, 0.3) is 11.5 Å². The van der Waals surface area contributed by atoms with Gasteiger partial charge in [-0.1, -0.05) is 43.5 Å². The molecule has 0 saturated heterocycles. The summed E-state index contributed by atoms with van der Waals surface area (Å²) in [6.07, 6.45) is 5.43. The number of benzene rings is 1. The van der Waals surface area contributed by atoms with Crippen molar-refractivity contribution < 1.29 is 19.1 Å². The van der Waals surface area contributed by atoms with Crippen LogP contribution in [0.5, 0.6) is 5.75 Å². The first-order valence-corrected chi connectivity index (χ1v) is 13.0. The van der Waals surface area contributed by atoms with E-state index < -0.39 is 18.0 Å². The normalized spacial score (nSPS) is 15.5. The van der Waals surface area contributed by atoms with Gasteiger partial charge in [0.2, 0.25) is 0 Å². The number of para-hydroxylation sites is 1. The molecule has 9 nitrogen and oxygen atoms in total. The SMILES string of the molecule is CCOC(=O)c1cc2c(=O)n3ccccc3nc2n(C2CCCCC2)c1=NC(=O)[C@@H](C)Oc1ccccc1. The summed E-state index contributed by atoms with van der Waals surface area (Å²) in [4.78, 5) is 49.3. The topological polar surface area (TPSA) is 104 Å². The second-order valence-electron chi connectivity index (χ2n) is 9.37. The summed E-state index contributed by atoms with van der Waals surface area (Å²) in [5.74, 6) is -0.672. The van der Waals surface area contributed by atoms with Crippen molar-refractivity contribution in [2.45, 2.75) is 58.1 Å². The van der Waals surface area contributed by atoms with Crippen molar-refractivity contribution >= 4 is 28.6 Å². The number of carbonyl (C=O) groups excluding carboxylic acids is 2. The smallest absolute Gasteiger partial charge is 0.341 e. The third-order valence-electron chi connectivity index (χ3n) is 6.79. The molecule has 3 heterocycles. The summed E-state index contributed by atoms with van der Waals surface area (Å²) in [5.41, 5.74) is 0.753. The van der Waals surface area contributed by atoms with Crippen LogP contribution in [-0.4, -0.2) is 38.5 Å². The van der Waals surface area contributed by atoms with Gasteiger partial charge in [-0.3, -0.25) is 14.0 Å². The molecule has 3 aromatic heterocycles. The van der Waals surface area contributed by atoms with Crippen LogP contribution in [-0.2, 0) is 9.53 Å². The van der Waals surface area contributed by atoms with E-state index in [2.05, 4.69) is 4.99 Å². The van der Waals surface area contributed by atoms with Crippen molar-refractivity contribution in [3.8, 4) is 5.75 Å². The highest BCUT2D eigenvalue weighted by atomic mass is 16.5. The Morgan fingerprint density at radius 3 is 2.55 bits per heavy atom. The number of hydrogen-bond acceptors (Lipinski definition) is 6. The van der Waals surface area contributed by atoms with Gasteiger partial charge in [0.15, 0.2) is 11.6 Å². The summed E-state index contributed by atoms with van der Waals surface area (Å²) >= 11 is 0. The number of amides is 1. The number of aromatic nitrogens is 3. The Kier molecular flexibility index (Phi) is 7.35. The molecule has 1 amide bonds. The fourth-order valence-electron chi connectivity index (χ4n) is 4.95. The monoisotopic (exact) mass is 514 g/mol. The molecule has 196 valence electrons. The summed E-state index contributed by atoms with van der Waals surface area (Å²) in [5, 5.41) is 0.266. The maximum absolute atomic E-state index is 13.5. The van der Waals surface area contributed by atoms with Crippen LogP contribution in [0.4, 0.5) is 0 Å². The van der Waals surface area contributed by atoms with E-state index in [1.54, 1.807) is 44.3 Å². The van der Waals surface area contributed by atoms with E-state index in [0.29, 0.717) is 17.0 Å². The number of pyridine rings is 2. The van der Waals surface area contributed by atoms with E-state index in [1.807, 2.05) is 28.8 Å². The Balaban J connectivity index is 1.78. The van der Waals surface area contributed by atoms with Crippen molar-refractivity contribution in [1.82, 2.24) is 14.0 Å². The molecule has 0 radical (unpaired) electrons. The molecule has 1 saturated carbocycles. The first-order chi connectivity index (χ1) is 18.5. The van der Waals surface area contributed by atoms with Crippen molar-refractivity contribution in [1.29, 1.82) is 0 Å². The van der Waals surface area contributed by atoms with E-state index in [-0.39, 0.29) is 34.6 Å². The van der Waals surface area contributed by atoms with Gasteiger partial charge >= 0.3 is 5.97 Å². The predicted molar refractivity (Wildman–Crippen MR) is 142 cm³/mol. The van der Waals surface area contributed by atoms with Gasteiger partial charge in [-0.15, -0.1) is 0 Å². The minimum Gasteiger partial charge on any atom is -0.481 e. The lowest BCUT2D eigenvalue weighted by Gasteiger charge is -2.27. The average molecular weight is 515 g/mol. The van der Waals surface area contributed by atoms with Gasteiger partial charge in [0, 0.05) is 12.2 Å². The molecule has 1 aliphatic rings. The Labute approximate surface area is 219 Å². The molecule has 9 heteroatoms. The number of fused-ring (bicyclic) bond motifs is 2. The van der Waals surface area contributed by atoms with Crippen LogP contribution in [0.2, 0.25) is 0 Å². The van der Waals surface area contributed by atoms with Crippen LogP contribution in [0.3, 0.4) is 0 Å². The minimum atomic E-state index is -0.905. The van der Waals surface area contributed by atoms with E-state index in [1.165, 1.54) is 10.5 Å². The molecule has 0 N–H and O–H groups in total. The van der Waals surface area contributed by atoms with Gasteiger partial charge in [-0.25, -0.2) is 9.78 Å². The zero-order valence-corrected chi connectivity index (χ0v) is 21.5. The second kappa shape index (κ2) is 11.0. The van der Waals surface area contributed by atoms with Crippen LogP contribution in [0, 0.1) is 0 Å². The second-order valence-corrected chi connectivity index (χ2v) is 9.37. The van der Waals surface area contributed by atoms with Gasteiger partial charge in [0.05, 0.1) is 12.0 Å². The highest BCUT2D eigenvalue weighted by Gasteiger charge is 2.26. The van der Waals surface area contributed by atoms with Gasteiger partial charge in [0.1, 0.15) is 22.6 Å². The van der Waals surface area contributed by atoms with Crippen molar-refractivity contribution in [3.63, 3.8) is 0 Å². The molecule has 1 aliphatic carbocycles. The predicted octanol–water partition coefficient (Wildman–Crippen LogP) is 4.23. The number of nitrogens with zero attached hydrogens (tertiary/aromatic N) is 4. The molecule has 1 aromatic carbocycles. The quantitative estimate of drug-likeness (QED) is 0.282. The van der Waals surface area contributed by atoms with E-state index in [9.17, 15) is 14.4 Å². The standard InChI is InChI=1S/C29H30N4O5/c1-3-37-29(36)23-18-22-25(30-24-16-10-11-17-32(24)28(22)35)33(20-12-6-4-7-13-20)26(23)31-27(34)19(2)38-21-14-8-5-9-15-21/h5,8-11,14-20H,3-4,6-7,12-13H2,1-2H3/t19-/m1/s1. The maximum atomic E-state index is 13.5. The minimum absolute atomic E-state index is 0.0555. The summed E-state index contributed by atoms with van der Waals surface area (Å²) < 4.78 is 14.4. The highest BCUT2D eigenvalue weighted by Crippen LogP contribution is 2.29. The largest absolute Gasteiger partial charge is 0.481 e. The van der Waals surface area contributed by atoms with Crippen molar-refractivity contribution in [3.05, 3.63) is 82.2 Å². The molecule has 5 rings (SSSR count). The van der Waals surface area contributed by atoms with Crippen LogP contribution in [0.1, 0.15) is 62.4 Å². The Hall–Kier alpha value is -4.27. The molecule has 1 fully saturated rings. The molecule has 4 aromatic rings. The number of ether oxygens (including phenoxy) is 2.